The van der Waals surface area contributed by atoms with Crippen molar-refractivity contribution in [3.8, 4) is 0 Å². The first kappa shape index (κ1) is 12.3. The lowest BCUT2D eigenvalue weighted by molar-refractivity contribution is -0.105. The third kappa shape index (κ3) is 3.13. The van der Waals surface area contributed by atoms with Crippen molar-refractivity contribution in [1.29, 1.82) is 0 Å². The lowest BCUT2D eigenvalue weighted by Gasteiger charge is -2.14. The molecule has 0 spiro atoms. The van der Waals surface area contributed by atoms with Gasteiger partial charge in [0.25, 0.3) is 0 Å². The van der Waals surface area contributed by atoms with E-state index in [1.807, 2.05) is 0 Å². The summed E-state index contributed by atoms with van der Waals surface area (Å²) in [6, 6.07) is 4.51. The second-order valence-electron chi connectivity index (χ2n) is 3.28. The zero-order chi connectivity index (χ0) is 12.1. The summed E-state index contributed by atoms with van der Waals surface area (Å²) >= 11 is 5.80. The van der Waals surface area contributed by atoms with Crippen molar-refractivity contribution in [3.05, 3.63) is 23.2 Å². The minimum Gasteiger partial charge on any atom is -0.331 e. The molecule has 0 radical (unpaired) electrons. The Hall–Kier alpha value is -1.75. The second kappa shape index (κ2) is 5.37. The van der Waals surface area contributed by atoms with Gasteiger partial charge in [0.05, 0.1) is 11.4 Å². The van der Waals surface area contributed by atoms with Gasteiger partial charge < -0.3 is 15.5 Å². The van der Waals surface area contributed by atoms with Gasteiger partial charge in [-0.25, -0.2) is 4.79 Å². The number of halogens is 1. The molecule has 3 amide bonds. The average Bonchev–Trinajstić information content (AvgIpc) is 2.22. The summed E-state index contributed by atoms with van der Waals surface area (Å²) in [7, 11) is 3.24. The van der Waals surface area contributed by atoms with E-state index >= 15 is 0 Å². The summed E-state index contributed by atoms with van der Waals surface area (Å²) < 4.78 is 0. The highest BCUT2D eigenvalue weighted by molar-refractivity contribution is 6.31. The number of rotatable bonds is 3. The molecule has 0 aromatic heterocycles. The molecule has 0 saturated carbocycles. The number of anilines is 2. The molecule has 0 aliphatic rings. The summed E-state index contributed by atoms with van der Waals surface area (Å²) in [5.74, 6) is 0. The van der Waals surface area contributed by atoms with E-state index < -0.39 is 0 Å². The van der Waals surface area contributed by atoms with Crippen LogP contribution in [0.2, 0.25) is 5.02 Å². The molecule has 1 aromatic carbocycles. The number of carbonyl (C=O) groups excluding carboxylic acids is 2. The highest BCUT2D eigenvalue weighted by Crippen LogP contribution is 2.25. The van der Waals surface area contributed by atoms with Crippen molar-refractivity contribution in [2.24, 2.45) is 0 Å². The number of nitrogens with one attached hydrogen (secondary N) is 2. The zero-order valence-electron chi connectivity index (χ0n) is 8.95. The topological polar surface area (TPSA) is 61.4 Å². The van der Waals surface area contributed by atoms with Crippen molar-refractivity contribution in [3.63, 3.8) is 0 Å². The smallest absolute Gasteiger partial charge is 0.321 e. The van der Waals surface area contributed by atoms with Gasteiger partial charge in [0.15, 0.2) is 0 Å². The van der Waals surface area contributed by atoms with Crippen LogP contribution in [0.4, 0.5) is 16.2 Å². The molecule has 0 atom stereocenters. The van der Waals surface area contributed by atoms with Crippen molar-refractivity contribution in [1.82, 2.24) is 4.90 Å². The van der Waals surface area contributed by atoms with Crippen molar-refractivity contribution >= 4 is 35.4 Å². The van der Waals surface area contributed by atoms with E-state index in [0.717, 1.165) is 0 Å². The molecule has 2 N–H and O–H groups in total. The molecule has 5 nitrogen and oxygen atoms in total. The van der Waals surface area contributed by atoms with Gasteiger partial charge in [0.2, 0.25) is 6.41 Å². The molecule has 0 heterocycles. The molecule has 86 valence electrons. The number of nitrogens with zero attached hydrogens (tertiary/aromatic N) is 1. The molecule has 0 aliphatic carbocycles. The fourth-order valence-corrected chi connectivity index (χ4v) is 1.21. The van der Waals surface area contributed by atoms with Gasteiger partial charge in [0.1, 0.15) is 0 Å². The van der Waals surface area contributed by atoms with E-state index in [-0.39, 0.29) is 6.03 Å². The molecule has 16 heavy (non-hydrogen) atoms. The van der Waals surface area contributed by atoms with Gasteiger partial charge in [-0.05, 0) is 18.2 Å². The number of carbonyl (C=O) groups is 2. The van der Waals surface area contributed by atoms with Crippen LogP contribution in [0.5, 0.6) is 0 Å². The number of urea groups is 1. The van der Waals surface area contributed by atoms with Crippen LogP contribution in [0.1, 0.15) is 0 Å². The summed E-state index contributed by atoms with van der Waals surface area (Å²) in [6.45, 7) is 0. The maximum Gasteiger partial charge on any atom is 0.321 e. The predicted molar refractivity (Wildman–Crippen MR) is 63.8 cm³/mol. The Morgan fingerprint density at radius 1 is 1.38 bits per heavy atom. The van der Waals surface area contributed by atoms with E-state index in [1.54, 1.807) is 32.3 Å². The lowest BCUT2D eigenvalue weighted by atomic mass is 10.2. The van der Waals surface area contributed by atoms with Crippen LogP contribution in [0.15, 0.2) is 18.2 Å². The maximum atomic E-state index is 11.4. The first-order valence-corrected chi connectivity index (χ1v) is 4.90. The summed E-state index contributed by atoms with van der Waals surface area (Å²) in [5, 5.41) is 5.57. The third-order valence-corrected chi connectivity index (χ3v) is 2.08. The first-order chi connectivity index (χ1) is 7.54. The Labute approximate surface area is 98.4 Å². The van der Waals surface area contributed by atoms with Crippen molar-refractivity contribution in [2.45, 2.75) is 0 Å². The molecular weight excluding hydrogens is 230 g/mol. The number of benzene rings is 1. The maximum absolute atomic E-state index is 11.4. The van der Waals surface area contributed by atoms with E-state index in [0.29, 0.717) is 22.8 Å². The number of hydrogen-bond acceptors (Lipinski definition) is 2. The Morgan fingerprint density at radius 2 is 2.06 bits per heavy atom. The Kier molecular flexibility index (Phi) is 4.13. The van der Waals surface area contributed by atoms with Gasteiger partial charge >= 0.3 is 6.03 Å². The van der Waals surface area contributed by atoms with E-state index in [1.165, 1.54) is 4.90 Å². The van der Waals surface area contributed by atoms with E-state index in [4.69, 9.17) is 11.6 Å². The number of amides is 3. The fourth-order valence-electron chi connectivity index (χ4n) is 1.04. The van der Waals surface area contributed by atoms with Crippen LogP contribution in [0.25, 0.3) is 0 Å². The van der Waals surface area contributed by atoms with Gasteiger partial charge in [-0.1, -0.05) is 11.6 Å². The molecule has 1 rings (SSSR count). The van der Waals surface area contributed by atoms with Crippen LogP contribution >= 0.6 is 11.6 Å². The largest absolute Gasteiger partial charge is 0.331 e. The first-order valence-electron chi connectivity index (χ1n) is 4.52. The average molecular weight is 242 g/mol. The van der Waals surface area contributed by atoms with E-state index in [2.05, 4.69) is 10.6 Å². The van der Waals surface area contributed by atoms with Gasteiger partial charge in [-0.2, -0.15) is 0 Å². The highest BCUT2D eigenvalue weighted by Gasteiger charge is 2.08. The van der Waals surface area contributed by atoms with Crippen LogP contribution in [0.3, 0.4) is 0 Å². The van der Waals surface area contributed by atoms with Crippen LogP contribution in [-0.4, -0.2) is 31.4 Å². The second-order valence-corrected chi connectivity index (χ2v) is 3.71. The molecule has 6 heteroatoms. The standard InChI is InChI=1S/C10H12ClN3O2/c1-14(2)10(16)13-9-5-7(11)3-4-8(9)12-6-15/h3-6H,1-2H3,(H,12,15)(H,13,16). The molecule has 0 saturated heterocycles. The zero-order valence-corrected chi connectivity index (χ0v) is 9.71. The Balaban J connectivity index is 2.95. The van der Waals surface area contributed by atoms with Crippen molar-refractivity contribution < 1.29 is 9.59 Å². The minimum absolute atomic E-state index is 0.295. The molecule has 0 fully saturated rings. The molecule has 0 unspecified atom stereocenters. The van der Waals surface area contributed by atoms with Crippen LogP contribution in [-0.2, 0) is 4.79 Å². The van der Waals surface area contributed by atoms with Gasteiger partial charge in [-0.15, -0.1) is 0 Å². The highest BCUT2D eigenvalue weighted by atomic mass is 35.5. The SMILES string of the molecule is CN(C)C(=O)Nc1cc(Cl)ccc1NC=O. The molecule has 0 aliphatic heterocycles. The van der Waals surface area contributed by atoms with Gasteiger partial charge in [-0.3, -0.25) is 4.79 Å². The summed E-state index contributed by atoms with van der Waals surface area (Å²) in [4.78, 5) is 23.2. The lowest BCUT2D eigenvalue weighted by Crippen LogP contribution is -2.27. The summed E-state index contributed by atoms with van der Waals surface area (Å²) in [5.41, 5.74) is 0.952. The van der Waals surface area contributed by atoms with Crippen molar-refractivity contribution in [2.75, 3.05) is 24.7 Å². The Morgan fingerprint density at radius 3 is 2.62 bits per heavy atom. The number of hydrogen-bond donors (Lipinski definition) is 2. The summed E-state index contributed by atoms with van der Waals surface area (Å²) in [6.07, 6.45) is 0.536. The fraction of sp³-hybridized carbons (Fsp3) is 0.200. The molecule has 1 aromatic rings. The van der Waals surface area contributed by atoms with Gasteiger partial charge in [0, 0.05) is 19.1 Å². The van der Waals surface area contributed by atoms with Crippen LogP contribution < -0.4 is 10.6 Å². The third-order valence-electron chi connectivity index (χ3n) is 1.84. The molecule has 0 bridgehead atoms. The normalized spacial score (nSPS) is 9.44. The Bertz CT molecular complexity index is 407. The van der Waals surface area contributed by atoms with E-state index in [9.17, 15) is 9.59 Å². The molecular formula is C10H12ClN3O2. The monoisotopic (exact) mass is 241 g/mol. The quantitative estimate of drug-likeness (QED) is 0.796. The van der Waals surface area contributed by atoms with Crippen LogP contribution in [0, 0.1) is 0 Å². The minimum atomic E-state index is -0.295. The predicted octanol–water partition coefficient (Wildman–Crippen LogP) is 2.00.